The quantitative estimate of drug-likeness (QED) is 0.775. The molecule has 3 heteroatoms. The summed E-state index contributed by atoms with van der Waals surface area (Å²) in [5.41, 5.74) is 8.17. The lowest BCUT2D eigenvalue weighted by Crippen LogP contribution is -2.39. The fraction of sp³-hybridized carbons (Fsp3) is 0.684. The molecule has 2 rings (SSSR count). The zero-order valence-electron chi connectivity index (χ0n) is 14.5. The van der Waals surface area contributed by atoms with Gasteiger partial charge in [0.05, 0.1) is 12.3 Å². The summed E-state index contributed by atoms with van der Waals surface area (Å²) in [7, 11) is 0. The lowest BCUT2D eigenvalue weighted by atomic mass is 9.92. The summed E-state index contributed by atoms with van der Waals surface area (Å²) in [5, 5.41) is 0. The van der Waals surface area contributed by atoms with E-state index in [1.807, 2.05) is 6.07 Å². The maximum Gasteiger partial charge on any atom is 0.142 e. The smallest absolute Gasteiger partial charge is 0.142 e. The minimum atomic E-state index is 0.731. The predicted octanol–water partition coefficient (Wildman–Crippen LogP) is 3.97. The second-order valence-corrected chi connectivity index (χ2v) is 7.03. The molecule has 2 atom stereocenters. The standard InChI is InChI=1S/C19H32N2O/c1-4-10-22-19-8-7-17(12-18(19)20)6-5-9-21-13-15(2)11-16(3)14-21/h7-8,12,15-16H,4-6,9-11,13-14,20H2,1-3H3. The zero-order valence-corrected chi connectivity index (χ0v) is 14.5. The predicted molar refractivity (Wildman–Crippen MR) is 94.3 cm³/mol. The van der Waals surface area contributed by atoms with Crippen molar-refractivity contribution in [3.63, 3.8) is 0 Å². The molecular weight excluding hydrogens is 272 g/mol. The molecule has 0 aromatic heterocycles. The number of nitrogens with zero attached hydrogens (tertiary/aromatic N) is 1. The summed E-state index contributed by atoms with van der Waals surface area (Å²) in [6.07, 6.45) is 4.69. The van der Waals surface area contributed by atoms with Crippen LogP contribution >= 0.6 is 0 Å². The molecule has 3 nitrogen and oxygen atoms in total. The van der Waals surface area contributed by atoms with E-state index in [9.17, 15) is 0 Å². The Morgan fingerprint density at radius 2 is 1.95 bits per heavy atom. The van der Waals surface area contributed by atoms with E-state index in [0.29, 0.717) is 0 Å². The Morgan fingerprint density at radius 3 is 2.59 bits per heavy atom. The van der Waals surface area contributed by atoms with Gasteiger partial charge in [-0.15, -0.1) is 0 Å². The van der Waals surface area contributed by atoms with E-state index in [2.05, 4.69) is 37.8 Å². The lowest BCUT2D eigenvalue weighted by Gasteiger charge is -2.34. The van der Waals surface area contributed by atoms with Gasteiger partial charge >= 0.3 is 0 Å². The molecule has 22 heavy (non-hydrogen) atoms. The fourth-order valence-electron chi connectivity index (χ4n) is 3.58. The molecule has 1 fully saturated rings. The van der Waals surface area contributed by atoms with Crippen molar-refractivity contribution in [3.8, 4) is 5.75 Å². The Balaban J connectivity index is 1.78. The Labute approximate surface area is 135 Å². The SMILES string of the molecule is CCCOc1ccc(CCCN2CC(C)CC(C)C2)cc1N. The van der Waals surface area contributed by atoms with E-state index in [1.54, 1.807) is 0 Å². The maximum atomic E-state index is 6.08. The third-order valence-electron chi connectivity index (χ3n) is 4.42. The molecule has 1 aliphatic rings. The summed E-state index contributed by atoms with van der Waals surface area (Å²) >= 11 is 0. The van der Waals surface area contributed by atoms with Crippen molar-refractivity contribution >= 4 is 5.69 Å². The van der Waals surface area contributed by atoms with Crippen LogP contribution in [0.25, 0.3) is 0 Å². The molecule has 0 radical (unpaired) electrons. The largest absolute Gasteiger partial charge is 0.491 e. The van der Waals surface area contributed by atoms with Gasteiger partial charge in [-0.2, -0.15) is 0 Å². The van der Waals surface area contributed by atoms with Crippen LogP contribution in [-0.2, 0) is 6.42 Å². The van der Waals surface area contributed by atoms with Crippen molar-refractivity contribution in [1.29, 1.82) is 0 Å². The third-order valence-corrected chi connectivity index (χ3v) is 4.42. The van der Waals surface area contributed by atoms with Crippen LogP contribution in [0, 0.1) is 11.8 Å². The first kappa shape index (κ1) is 17.1. The number of rotatable bonds is 7. The number of hydrogen-bond acceptors (Lipinski definition) is 3. The van der Waals surface area contributed by atoms with E-state index in [1.165, 1.54) is 38.0 Å². The monoisotopic (exact) mass is 304 g/mol. The number of anilines is 1. The molecule has 124 valence electrons. The van der Waals surface area contributed by atoms with E-state index in [-0.39, 0.29) is 0 Å². The van der Waals surface area contributed by atoms with Crippen molar-refractivity contribution in [1.82, 2.24) is 4.90 Å². The number of likely N-dealkylation sites (tertiary alicyclic amines) is 1. The van der Waals surface area contributed by atoms with Crippen molar-refractivity contribution in [2.45, 2.75) is 46.5 Å². The van der Waals surface area contributed by atoms with Crippen LogP contribution in [0.5, 0.6) is 5.75 Å². The normalized spacial score (nSPS) is 22.7. The minimum Gasteiger partial charge on any atom is -0.491 e. The lowest BCUT2D eigenvalue weighted by molar-refractivity contribution is 0.140. The van der Waals surface area contributed by atoms with Gasteiger partial charge in [-0.05, 0) is 61.8 Å². The van der Waals surface area contributed by atoms with Gasteiger partial charge in [0.1, 0.15) is 5.75 Å². The van der Waals surface area contributed by atoms with Crippen LogP contribution < -0.4 is 10.5 Å². The molecule has 1 aliphatic heterocycles. The van der Waals surface area contributed by atoms with Crippen LogP contribution in [0.4, 0.5) is 5.69 Å². The van der Waals surface area contributed by atoms with Gasteiger partial charge in [0, 0.05) is 13.1 Å². The number of aryl methyl sites for hydroxylation is 1. The highest BCUT2D eigenvalue weighted by Crippen LogP contribution is 2.24. The number of hydrogen-bond donors (Lipinski definition) is 1. The maximum absolute atomic E-state index is 6.08. The Hall–Kier alpha value is -1.22. The van der Waals surface area contributed by atoms with Crippen molar-refractivity contribution in [2.75, 3.05) is 32.0 Å². The van der Waals surface area contributed by atoms with Crippen molar-refractivity contribution in [2.24, 2.45) is 11.8 Å². The van der Waals surface area contributed by atoms with Crippen LogP contribution in [0.15, 0.2) is 18.2 Å². The minimum absolute atomic E-state index is 0.731. The number of piperidine rings is 1. The summed E-state index contributed by atoms with van der Waals surface area (Å²) in [6.45, 7) is 11.3. The molecule has 1 aromatic carbocycles. The van der Waals surface area contributed by atoms with Gasteiger partial charge in [0.2, 0.25) is 0 Å². The summed E-state index contributed by atoms with van der Waals surface area (Å²) in [4.78, 5) is 2.63. The molecule has 0 saturated carbocycles. The van der Waals surface area contributed by atoms with E-state index < -0.39 is 0 Å². The summed E-state index contributed by atoms with van der Waals surface area (Å²) < 4.78 is 5.63. The van der Waals surface area contributed by atoms with Gasteiger partial charge in [-0.3, -0.25) is 0 Å². The number of nitrogen functional groups attached to an aromatic ring is 1. The van der Waals surface area contributed by atoms with E-state index >= 15 is 0 Å². The fourth-order valence-corrected chi connectivity index (χ4v) is 3.58. The Bertz CT molecular complexity index is 451. The number of ether oxygens (including phenoxy) is 1. The van der Waals surface area contributed by atoms with E-state index in [0.717, 1.165) is 42.7 Å². The van der Waals surface area contributed by atoms with Crippen molar-refractivity contribution in [3.05, 3.63) is 23.8 Å². The average molecular weight is 304 g/mol. The Morgan fingerprint density at radius 1 is 1.23 bits per heavy atom. The van der Waals surface area contributed by atoms with Gasteiger partial charge in [0.15, 0.2) is 0 Å². The molecule has 2 N–H and O–H groups in total. The number of benzene rings is 1. The van der Waals surface area contributed by atoms with Crippen molar-refractivity contribution < 1.29 is 4.74 Å². The first-order chi connectivity index (χ1) is 10.6. The first-order valence-electron chi connectivity index (χ1n) is 8.82. The average Bonchev–Trinajstić information content (AvgIpc) is 2.45. The highest BCUT2D eigenvalue weighted by Gasteiger charge is 2.20. The van der Waals surface area contributed by atoms with Crippen LogP contribution in [0.2, 0.25) is 0 Å². The van der Waals surface area contributed by atoms with Gasteiger partial charge in [-0.25, -0.2) is 0 Å². The molecule has 2 unspecified atom stereocenters. The Kier molecular flexibility index (Phi) is 6.56. The molecule has 0 aliphatic carbocycles. The van der Waals surface area contributed by atoms with Gasteiger partial charge < -0.3 is 15.4 Å². The molecule has 1 aromatic rings. The summed E-state index contributed by atoms with van der Waals surface area (Å²) in [5.74, 6) is 2.51. The zero-order chi connectivity index (χ0) is 15.9. The summed E-state index contributed by atoms with van der Waals surface area (Å²) in [6, 6.07) is 6.25. The van der Waals surface area contributed by atoms with Gasteiger partial charge in [-0.1, -0.05) is 26.8 Å². The van der Waals surface area contributed by atoms with Crippen LogP contribution in [0.1, 0.15) is 45.6 Å². The number of nitrogens with two attached hydrogens (primary N) is 1. The molecule has 1 saturated heterocycles. The second kappa shape index (κ2) is 8.42. The van der Waals surface area contributed by atoms with E-state index in [4.69, 9.17) is 10.5 Å². The molecule has 0 bridgehead atoms. The molecular formula is C19H32N2O. The van der Waals surface area contributed by atoms with Crippen LogP contribution in [-0.4, -0.2) is 31.1 Å². The molecule has 0 spiro atoms. The second-order valence-electron chi connectivity index (χ2n) is 7.03. The molecule has 1 heterocycles. The van der Waals surface area contributed by atoms with Gasteiger partial charge in [0.25, 0.3) is 0 Å². The topological polar surface area (TPSA) is 38.5 Å². The third kappa shape index (κ3) is 5.20. The van der Waals surface area contributed by atoms with Crippen LogP contribution in [0.3, 0.4) is 0 Å². The highest BCUT2D eigenvalue weighted by molar-refractivity contribution is 5.54. The highest BCUT2D eigenvalue weighted by atomic mass is 16.5. The molecule has 0 amide bonds. The first-order valence-corrected chi connectivity index (χ1v) is 8.82.